The second kappa shape index (κ2) is 10.0. The maximum Gasteiger partial charge on any atom is 0.327 e. The molecule has 0 heterocycles. The van der Waals surface area contributed by atoms with E-state index in [2.05, 4.69) is 16.0 Å². The van der Waals surface area contributed by atoms with Crippen molar-refractivity contribution in [3.8, 4) is 0 Å². The Morgan fingerprint density at radius 3 is 2.05 bits per heavy atom. The van der Waals surface area contributed by atoms with Crippen molar-refractivity contribution in [1.29, 1.82) is 0 Å². The molecule has 0 radical (unpaired) electrons. The highest BCUT2D eigenvalue weighted by Crippen LogP contribution is 1.99. The van der Waals surface area contributed by atoms with Gasteiger partial charge in [-0.2, -0.15) is 11.8 Å². The van der Waals surface area contributed by atoms with E-state index in [9.17, 15) is 19.2 Å². The molecule has 0 rings (SSSR count). The molecular weight excluding hydrogens is 314 g/mol. The molecule has 0 saturated heterocycles. The SMILES string of the molecule is CN[C@@H](CC(=O)O)C(=O)NC(C)C(=O)N[C@H](CSC)C(=O)O. The Morgan fingerprint density at radius 1 is 1.05 bits per heavy atom. The van der Waals surface area contributed by atoms with Gasteiger partial charge in [-0.1, -0.05) is 0 Å². The predicted molar refractivity (Wildman–Crippen MR) is 80.7 cm³/mol. The average Bonchev–Trinajstić information content (AvgIpc) is 2.43. The molecule has 0 aliphatic heterocycles. The van der Waals surface area contributed by atoms with Gasteiger partial charge in [-0.3, -0.25) is 14.4 Å². The number of hydrogen-bond donors (Lipinski definition) is 5. The zero-order valence-corrected chi connectivity index (χ0v) is 13.4. The quantitative estimate of drug-likeness (QED) is 0.324. The molecule has 1 unspecified atom stereocenters. The Labute approximate surface area is 132 Å². The molecule has 0 bridgehead atoms. The molecule has 0 aliphatic rings. The topological polar surface area (TPSA) is 145 Å². The molecule has 3 atom stereocenters. The van der Waals surface area contributed by atoms with Crippen LogP contribution in [0.5, 0.6) is 0 Å². The van der Waals surface area contributed by atoms with E-state index in [1.807, 2.05) is 0 Å². The van der Waals surface area contributed by atoms with Crippen LogP contribution in [0.1, 0.15) is 13.3 Å². The summed E-state index contributed by atoms with van der Waals surface area (Å²) in [6.45, 7) is 1.39. The van der Waals surface area contributed by atoms with E-state index in [-0.39, 0.29) is 5.75 Å². The summed E-state index contributed by atoms with van der Waals surface area (Å²) in [5, 5.41) is 24.8. The van der Waals surface area contributed by atoms with Crippen molar-refractivity contribution >= 4 is 35.5 Å². The van der Waals surface area contributed by atoms with E-state index in [1.54, 1.807) is 6.26 Å². The van der Waals surface area contributed by atoms with Gasteiger partial charge in [-0.25, -0.2) is 4.79 Å². The first-order valence-corrected chi connectivity index (χ1v) is 7.83. The monoisotopic (exact) mass is 335 g/mol. The van der Waals surface area contributed by atoms with Crippen LogP contribution in [0.15, 0.2) is 0 Å². The van der Waals surface area contributed by atoms with E-state index < -0.39 is 48.3 Å². The van der Waals surface area contributed by atoms with Crippen LogP contribution in [0.3, 0.4) is 0 Å². The van der Waals surface area contributed by atoms with Crippen molar-refractivity contribution in [3.05, 3.63) is 0 Å². The van der Waals surface area contributed by atoms with Crippen LogP contribution >= 0.6 is 11.8 Å². The summed E-state index contributed by atoms with van der Waals surface area (Å²) in [5.41, 5.74) is 0. The van der Waals surface area contributed by atoms with E-state index in [1.165, 1.54) is 25.7 Å². The summed E-state index contributed by atoms with van der Waals surface area (Å²) in [7, 11) is 1.43. The number of aliphatic carboxylic acids is 2. The lowest BCUT2D eigenvalue weighted by atomic mass is 10.1. The smallest absolute Gasteiger partial charge is 0.327 e. The van der Waals surface area contributed by atoms with Crippen molar-refractivity contribution in [2.75, 3.05) is 19.1 Å². The van der Waals surface area contributed by atoms with Gasteiger partial charge in [0.15, 0.2) is 0 Å². The normalized spacial score (nSPS) is 14.5. The van der Waals surface area contributed by atoms with Crippen molar-refractivity contribution in [2.45, 2.75) is 31.5 Å². The Morgan fingerprint density at radius 2 is 1.64 bits per heavy atom. The third-order valence-electron chi connectivity index (χ3n) is 2.74. The summed E-state index contributed by atoms with van der Waals surface area (Å²) in [6, 6.07) is -3.02. The van der Waals surface area contributed by atoms with Crippen molar-refractivity contribution in [3.63, 3.8) is 0 Å². The third-order valence-corrected chi connectivity index (χ3v) is 3.41. The van der Waals surface area contributed by atoms with Gasteiger partial charge in [-0.05, 0) is 20.2 Å². The second-order valence-electron chi connectivity index (χ2n) is 4.52. The largest absolute Gasteiger partial charge is 0.481 e. The number of likely N-dealkylation sites (N-methyl/N-ethyl adjacent to an activating group) is 1. The molecule has 0 fully saturated rings. The van der Waals surface area contributed by atoms with Crippen molar-refractivity contribution in [1.82, 2.24) is 16.0 Å². The lowest BCUT2D eigenvalue weighted by Gasteiger charge is -2.20. The number of carbonyl (C=O) groups excluding carboxylic acids is 2. The second-order valence-corrected chi connectivity index (χ2v) is 5.43. The Bertz CT molecular complexity index is 431. The number of nitrogens with one attached hydrogen (secondary N) is 3. The molecule has 22 heavy (non-hydrogen) atoms. The van der Waals surface area contributed by atoms with Crippen molar-refractivity contribution < 1.29 is 29.4 Å². The highest BCUT2D eigenvalue weighted by atomic mass is 32.2. The van der Waals surface area contributed by atoms with Crippen LogP contribution in [-0.4, -0.2) is 71.1 Å². The van der Waals surface area contributed by atoms with E-state index >= 15 is 0 Å². The number of rotatable bonds is 10. The van der Waals surface area contributed by atoms with Gasteiger partial charge in [-0.15, -0.1) is 0 Å². The standard InChI is InChI=1S/C12H21N3O6S/c1-6(10(18)15-8(5-22-3)12(20)21)14-11(19)7(13-2)4-9(16)17/h6-8,13H,4-5H2,1-3H3,(H,14,19)(H,15,18)(H,16,17)(H,20,21)/t6?,7-,8+/m0/s1. The number of thioether (sulfide) groups is 1. The number of carbonyl (C=O) groups is 4. The van der Waals surface area contributed by atoms with Gasteiger partial charge in [0.05, 0.1) is 12.5 Å². The molecule has 0 aromatic rings. The van der Waals surface area contributed by atoms with Crippen LogP contribution < -0.4 is 16.0 Å². The lowest BCUT2D eigenvalue weighted by molar-refractivity contribution is -0.142. The van der Waals surface area contributed by atoms with E-state index in [0.717, 1.165) is 0 Å². The van der Waals surface area contributed by atoms with Gasteiger partial charge < -0.3 is 26.2 Å². The minimum absolute atomic E-state index is 0.194. The van der Waals surface area contributed by atoms with Gasteiger partial charge in [0, 0.05) is 5.75 Å². The van der Waals surface area contributed by atoms with Crippen LogP contribution in [0.4, 0.5) is 0 Å². The van der Waals surface area contributed by atoms with Crippen LogP contribution in [0, 0.1) is 0 Å². The van der Waals surface area contributed by atoms with Gasteiger partial charge in [0.25, 0.3) is 0 Å². The minimum atomic E-state index is -1.17. The molecule has 126 valence electrons. The first-order chi connectivity index (χ1) is 10.2. The summed E-state index contributed by atoms with van der Waals surface area (Å²) in [5.74, 6) is -3.43. The average molecular weight is 335 g/mol. The highest BCUT2D eigenvalue weighted by Gasteiger charge is 2.26. The first kappa shape index (κ1) is 20.2. The van der Waals surface area contributed by atoms with Gasteiger partial charge in [0.2, 0.25) is 11.8 Å². The van der Waals surface area contributed by atoms with Gasteiger partial charge in [0.1, 0.15) is 12.1 Å². The third kappa shape index (κ3) is 7.27. The molecule has 0 saturated carbocycles. The zero-order chi connectivity index (χ0) is 17.3. The lowest BCUT2D eigenvalue weighted by Crippen LogP contribution is -2.54. The first-order valence-electron chi connectivity index (χ1n) is 6.44. The Balaban J connectivity index is 4.59. The maximum atomic E-state index is 11.9. The van der Waals surface area contributed by atoms with E-state index in [0.29, 0.717) is 0 Å². The minimum Gasteiger partial charge on any atom is -0.481 e. The summed E-state index contributed by atoms with van der Waals surface area (Å²) < 4.78 is 0. The zero-order valence-electron chi connectivity index (χ0n) is 12.6. The van der Waals surface area contributed by atoms with E-state index in [4.69, 9.17) is 10.2 Å². The number of amides is 2. The van der Waals surface area contributed by atoms with Crippen LogP contribution in [-0.2, 0) is 19.2 Å². The number of hydrogen-bond acceptors (Lipinski definition) is 6. The summed E-state index contributed by atoms with van der Waals surface area (Å²) >= 11 is 1.26. The number of carboxylic acid groups (broad SMARTS) is 2. The van der Waals surface area contributed by atoms with Crippen LogP contribution in [0.25, 0.3) is 0 Å². The molecule has 2 amide bonds. The molecule has 0 spiro atoms. The predicted octanol–water partition coefficient (Wildman–Crippen LogP) is -1.51. The number of carboxylic acids is 2. The maximum absolute atomic E-state index is 11.9. The Hall–Kier alpha value is -1.81. The molecular formula is C12H21N3O6S. The fraction of sp³-hybridized carbons (Fsp3) is 0.667. The van der Waals surface area contributed by atoms with Gasteiger partial charge >= 0.3 is 11.9 Å². The molecule has 9 nitrogen and oxygen atoms in total. The molecule has 0 aromatic carbocycles. The fourth-order valence-corrected chi connectivity index (χ4v) is 2.08. The fourth-order valence-electron chi connectivity index (χ4n) is 1.52. The molecule has 10 heteroatoms. The molecule has 5 N–H and O–H groups in total. The summed E-state index contributed by atoms with van der Waals surface area (Å²) in [4.78, 5) is 45.3. The van der Waals surface area contributed by atoms with Crippen LogP contribution in [0.2, 0.25) is 0 Å². The summed E-state index contributed by atoms with van der Waals surface area (Å²) in [6.07, 6.45) is 1.28. The van der Waals surface area contributed by atoms with Crippen molar-refractivity contribution in [2.24, 2.45) is 0 Å². The Kier molecular flexibility index (Phi) is 9.18. The highest BCUT2D eigenvalue weighted by molar-refractivity contribution is 7.98. The molecule has 0 aromatic heterocycles. The molecule has 0 aliphatic carbocycles.